The Balaban J connectivity index is 2.21. The summed E-state index contributed by atoms with van der Waals surface area (Å²) >= 11 is 3.26. The summed E-state index contributed by atoms with van der Waals surface area (Å²) in [6.45, 7) is 2.80. The van der Waals surface area contributed by atoms with Crippen LogP contribution in [0.3, 0.4) is 0 Å². The number of amides is 1. The summed E-state index contributed by atoms with van der Waals surface area (Å²) in [4.78, 5) is 12.2. The summed E-state index contributed by atoms with van der Waals surface area (Å²) in [6, 6.07) is 2.99. The molecule has 1 aliphatic heterocycles. The van der Waals surface area contributed by atoms with Crippen LogP contribution in [-0.4, -0.2) is 27.5 Å². The third kappa shape index (κ3) is 4.18. The van der Waals surface area contributed by atoms with E-state index in [1.807, 2.05) is 0 Å². The number of hydrogen-bond acceptors (Lipinski definition) is 4. The maximum absolute atomic E-state index is 12.2. The Morgan fingerprint density at radius 2 is 2.00 bits per heavy atom. The van der Waals surface area contributed by atoms with Gasteiger partial charge in [-0.2, -0.15) is 0 Å². The van der Waals surface area contributed by atoms with Crippen molar-refractivity contribution in [1.29, 1.82) is 0 Å². The number of ether oxygens (including phenoxy) is 1. The van der Waals surface area contributed by atoms with Crippen molar-refractivity contribution in [3.05, 3.63) is 22.2 Å². The van der Waals surface area contributed by atoms with Crippen molar-refractivity contribution in [2.45, 2.75) is 24.7 Å². The molecule has 1 aromatic rings. The van der Waals surface area contributed by atoms with E-state index >= 15 is 0 Å². The zero-order chi connectivity index (χ0) is 15.6. The lowest BCUT2D eigenvalue weighted by atomic mass is 9.99. The van der Waals surface area contributed by atoms with Crippen molar-refractivity contribution in [2.75, 3.05) is 18.5 Å². The van der Waals surface area contributed by atoms with Crippen molar-refractivity contribution < 1.29 is 17.9 Å². The van der Waals surface area contributed by atoms with E-state index in [0.29, 0.717) is 41.8 Å². The Kier molecular flexibility index (Phi) is 5.29. The predicted octanol–water partition coefficient (Wildman–Crippen LogP) is 3.05. The van der Waals surface area contributed by atoms with E-state index in [0.717, 1.165) is 0 Å². The molecule has 0 spiro atoms. The molecule has 116 valence electrons. The molecule has 1 aliphatic rings. The molecule has 1 heterocycles. The first-order valence-corrected chi connectivity index (χ1v) is 9.52. The van der Waals surface area contributed by atoms with Gasteiger partial charge in [0.05, 0.1) is 10.6 Å². The van der Waals surface area contributed by atoms with Crippen LogP contribution in [0, 0.1) is 12.8 Å². The summed E-state index contributed by atoms with van der Waals surface area (Å²) in [5.74, 6) is -0.165. The van der Waals surface area contributed by atoms with E-state index in [-0.39, 0.29) is 16.7 Å². The lowest BCUT2D eigenvalue weighted by Crippen LogP contribution is -2.28. The average molecular weight is 397 g/mol. The summed E-state index contributed by atoms with van der Waals surface area (Å²) in [6.07, 6.45) is 1.38. The van der Waals surface area contributed by atoms with Gasteiger partial charge in [0.1, 0.15) is 0 Å². The molecule has 0 unspecified atom stereocenters. The average Bonchev–Trinajstić information content (AvgIpc) is 2.42. The highest BCUT2D eigenvalue weighted by atomic mass is 79.9. The number of hydrogen-bond donors (Lipinski definition) is 1. The minimum Gasteiger partial charge on any atom is -0.381 e. The molecule has 8 heteroatoms. The van der Waals surface area contributed by atoms with Crippen LogP contribution in [0.5, 0.6) is 0 Å². The normalized spacial score (nSPS) is 16.7. The van der Waals surface area contributed by atoms with E-state index in [9.17, 15) is 13.2 Å². The molecule has 2 rings (SSSR count). The van der Waals surface area contributed by atoms with Gasteiger partial charge in [0.15, 0.2) is 0 Å². The largest absolute Gasteiger partial charge is 0.381 e. The zero-order valence-electron chi connectivity index (χ0n) is 11.4. The molecule has 0 bridgehead atoms. The topological polar surface area (TPSA) is 72.5 Å². The predicted molar refractivity (Wildman–Crippen MR) is 84.1 cm³/mol. The molecule has 0 aromatic heterocycles. The number of carbonyl (C=O) groups is 1. The number of halogens is 2. The van der Waals surface area contributed by atoms with Crippen LogP contribution in [-0.2, 0) is 18.6 Å². The van der Waals surface area contributed by atoms with E-state index in [4.69, 9.17) is 15.4 Å². The SMILES string of the molecule is Cc1cc(NC(=O)C2CCOCC2)c(Br)cc1S(=O)(=O)Cl. The van der Waals surface area contributed by atoms with Gasteiger partial charge in [-0.15, -0.1) is 0 Å². The molecule has 1 N–H and O–H groups in total. The summed E-state index contributed by atoms with van der Waals surface area (Å²) < 4.78 is 28.6. The molecule has 1 aromatic carbocycles. The van der Waals surface area contributed by atoms with Crippen LogP contribution < -0.4 is 5.32 Å². The Morgan fingerprint density at radius 3 is 2.57 bits per heavy atom. The van der Waals surface area contributed by atoms with Crippen molar-refractivity contribution in [3.8, 4) is 0 Å². The third-order valence-electron chi connectivity index (χ3n) is 3.38. The van der Waals surface area contributed by atoms with Gasteiger partial charge in [0, 0.05) is 34.3 Å². The number of nitrogens with one attached hydrogen (secondary N) is 1. The molecule has 21 heavy (non-hydrogen) atoms. The Bertz CT molecular complexity index is 656. The zero-order valence-corrected chi connectivity index (χ0v) is 14.5. The van der Waals surface area contributed by atoms with Crippen LogP contribution in [0.1, 0.15) is 18.4 Å². The number of rotatable bonds is 3. The Hall–Kier alpha value is -0.630. The molecule has 1 amide bonds. The van der Waals surface area contributed by atoms with Crippen LogP contribution in [0.15, 0.2) is 21.5 Å². The molecule has 1 saturated heterocycles. The van der Waals surface area contributed by atoms with E-state index < -0.39 is 9.05 Å². The molecular formula is C13H15BrClNO4S. The lowest BCUT2D eigenvalue weighted by Gasteiger charge is -2.21. The highest BCUT2D eigenvalue weighted by Crippen LogP contribution is 2.31. The standard InChI is InChI=1S/C13H15BrClNO4S/c1-8-6-11(10(14)7-12(8)21(15,18)19)16-13(17)9-2-4-20-5-3-9/h6-7,9H,2-5H2,1H3,(H,16,17). The highest BCUT2D eigenvalue weighted by molar-refractivity contribution is 9.10. The van der Waals surface area contributed by atoms with E-state index in [1.54, 1.807) is 13.0 Å². The fraction of sp³-hybridized carbons (Fsp3) is 0.462. The first-order chi connectivity index (χ1) is 9.79. The van der Waals surface area contributed by atoms with Crippen molar-refractivity contribution >= 4 is 47.3 Å². The van der Waals surface area contributed by atoms with E-state index in [1.165, 1.54) is 6.07 Å². The molecule has 0 atom stereocenters. The molecular weight excluding hydrogens is 382 g/mol. The van der Waals surface area contributed by atoms with Crippen LogP contribution in [0.4, 0.5) is 5.69 Å². The summed E-state index contributed by atoms with van der Waals surface area (Å²) in [7, 11) is 1.56. The Morgan fingerprint density at radius 1 is 1.38 bits per heavy atom. The van der Waals surface area contributed by atoms with Crippen LogP contribution >= 0.6 is 26.6 Å². The number of anilines is 1. The lowest BCUT2D eigenvalue weighted by molar-refractivity contribution is -0.122. The van der Waals surface area contributed by atoms with Gasteiger partial charge in [0.2, 0.25) is 5.91 Å². The van der Waals surface area contributed by atoms with Crippen molar-refractivity contribution in [3.63, 3.8) is 0 Å². The highest BCUT2D eigenvalue weighted by Gasteiger charge is 2.23. The maximum atomic E-state index is 12.2. The fourth-order valence-corrected chi connectivity index (χ4v) is 4.01. The maximum Gasteiger partial charge on any atom is 0.261 e. The molecule has 5 nitrogen and oxygen atoms in total. The second-order valence-electron chi connectivity index (χ2n) is 4.91. The van der Waals surface area contributed by atoms with E-state index in [2.05, 4.69) is 21.2 Å². The second kappa shape index (κ2) is 6.64. The van der Waals surface area contributed by atoms with Crippen molar-refractivity contribution in [2.24, 2.45) is 5.92 Å². The fourth-order valence-electron chi connectivity index (χ4n) is 2.22. The van der Waals surface area contributed by atoms with Crippen molar-refractivity contribution in [1.82, 2.24) is 0 Å². The summed E-state index contributed by atoms with van der Waals surface area (Å²) in [5.41, 5.74) is 1.02. The summed E-state index contributed by atoms with van der Waals surface area (Å²) in [5, 5.41) is 2.82. The molecule has 0 saturated carbocycles. The first-order valence-electron chi connectivity index (χ1n) is 6.42. The minimum absolute atomic E-state index is 0.0279. The Labute approximate surface area is 136 Å². The molecule has 0 aliphatic carbocycles. The van der Waals surface area contributed by atoms with Gasteiger partial charge in [-0.25, -0.2) is 8.42 Å². The number of aryl methyl sites for hydroxylation is 1. The molecule has 1 fully saturated rings. The first kappa shape index (κ1) is 16.7. The van der Waals surface area contributed by atoms with Gasteiger partial charge in [-0.1, -0.05) is 0 Å². The monoisotopic (exact) mass is 395 g/mol. The quantitative estimate of drug-likeness (QED) is 0.797. The molecule has 0 radical (unpaired) electrons. The van der Waals surface area contributed by atoms with Gasteiger partial charge < -0.3 is 10.1 Å². The van der Waals surface area contributed by atoms with Crippen LogP contribution in [0.25, 0.3) is 0 Å². The van der Waals surface area contributed by atoms with Gasteiger partial charge in [0.25, 0.3) is 9.05 Å². The van der Waals surface area contributed by atoms with Gasteiger partial charge >= 0.3 is 0 Å². The smallest absolute Gasteiger partial charge is 0.261 e. The number of benzene rings is 1. The minimum atomic E-state index is -3.81. The van der Waals surface area contributed by atoms with Gasteiger partial charge in [-0.05, 0) is 53.4 Å². The van der Waals surface area contributed by atoms with Gasteiger partial charge in [-0.3, -0.25) is 4.79 Å². The second-order valence-corrected chi connectivity index (χ2v) is 8.30. The number of carbonyl (C=O) groups excluding carboxylic acids is 1. The third-order valence-corrected chi connectivity index (χ3v) is 5.50. The van der Waals surface area contributed by atoms with Crippen LogP contribution in [0.2, 0.25) is 0 Å².